The normalized spacial score (nSPS) is 13.2. The topological polar surface area (TPSA) is 17.1 Å². The van der Waals surface area contributed by atoms with Crippen molar-refractivity contribution in [2.45, 2.75) is 19.0 Å². The molecule has 0 saturated heterocycles. The summed E-state index contributed by atoms with van der Waals surface area (Å²) in [6.45, 7) is 1.36. The van der Waals surface area contributed by atoms with Crippen LogP contribution in [0, 0.1) is 0 Å². The maximum absolute atomic E-state index is 13.5. The molecule has 0 aromatic heterocycles. The van der Waals surface area contributed by atoms with Crippen molar-refractivity contribution in [2.24, 2.45) is 0 Å². The van der Waals surface area contributed by atoms with Gasteiger partial charge in [0.2, 0.25) is 0 Å². The molecule has 0 fully saturated rings. The Morgan fingerprint density at radius 1 is 1.12 bits per heavy atom. The van der Waals surface area contributed by atoms with Gasteiger partial charge in [0.05, 0.1) is 21.0 Å². The van der Waals surface area contributed by atoms with Gasteiger partial charge in [-0.1, -0.05) is 70.6 Å². The predicted molar refractivity (Wildman–Crippen MR) is 101 cm³/mol. The number of benzene rings is 2. The van der Waals surface area contributed by atoms with Gasteiger partial charge >= 0.3 is 6.18 Å². The molecule has 0 N–H and O–H groups in total. The fourth-order valence-electron chi connectivity index (χ4n) is 2.38. The van der Waals surface area contributed by atoms with E-state index in [1.165, 1.54) is 31.2 Å². The Kier molecular flexibility index (Phi) is 6.48. The molecule has 2 radical (unpaired) electrons. The van der Waals surface area contributed by atoms with E-state index in [1.807, 2.05) is 0 Å². The standard InChI is InChI=1S/C18H11BCl3F3O/c1-9(26)12-4-2-10(6-14(12)19)3-5-13(18(23,24)25)11-7-15(20)17(22)16(21)8-11/h2-8,13H,1H3/b5-3+. The van der Waals surface area contributed by atoms with Crippen LogP contribution in [0.15, 0.2) is 36.4 Å². The molecule has 2 aromatic carbocycles. The Morgan fingerprint density at radius 2 is 1.69 bits per heavy atom. The molecular formula is C18H11BCl3F3O. The molecule has 8 heteroatoms. The molecule has 2 rings (SSSR count). The highest BCUT2D eigenvalue weighted by atomic mass is 35.5. The summed E-state index contributed by atoms with van der Waals surface area (Å²) in [6.07, 6.45) is -2.32. The number of ketones is 1. The number of hydrogen-bond acceptors (Lipinski definition) is 1. The van der Waals surface area contributed by atoms with Crippen molar-refractivity contribution in [2.75, 3.05) is 0 Å². The molecule has 0 bridgehead atoms. The molecule has 0 amide bonds. The van der Waals surface area contributed by atoms with E-state index in [0.29, 0.717) is 11.1 Å². The smallest absolute Gasteiger partial charge is 0.295 e. The number of carbonyl (C=O) groups is 1. The van der Waals surface area contributed by atoms with Crippen LogP contribution in [0.25, 0.3) is 6.08 Å². The second kappa shape index (κ2) is 8.07. The van der Waals surface area contributed by atoms with Crippen LogP contribution >= 0.6 is 34.8 Å². The van der Waals surface area contributed by atoms with E-state index in [0.717, 1.165) is 18.2 Å². The van der Waals surface area contributed by atoms with E-state index < -0.39 is 12.1 Å². The van der Waals surface area contributed by atoms with Crippen LogP contribution in [-0.4, -0.2) is 19.8 Å². The second-order valence-electron chi connectivity index (χ2n) is 5.58. The Morgan fingerprint density at radius 3 is 2.15 bits per heavy atom. The van der Waals surface area contributed by atoms with Crippen LogP contribution in [0.1, 0.15) is 34.3 Å². The first kappa shape index (κ1) is 20.9. The first-order valence-electron chi connectivity index (χ1n) is 7.30. The molecule has 26 heavy (non-hydrogen) atoms. The molecule has 0 aliphatic heterocycles. The fourth-order valence-corrected chi connectivity index (χ4v) is 2.99. The average molecular weight is 417 g/mol. The molecule has 0 heterocycles. The minimum atomic E-state index is -4.57. The number of allylic oxidation sites excluding steroid dienone is 1. The molecule has 0 spiro atoms. The zero-order valence-corrected chi connectivity index (χ0v) is 15.6. The van der Waals surface area contributed by atoms with Gasteiger partial charge < -0.3 is 0 Å². The van der Waals surface area contributed by atoms with Crippen molar-refractivity contribution >= 4 is 60.0 Å². The van der Waals surface area contributed by atoms with Gasteiger partial charge in [-0.05, 0) is 30.2 Å². The summed E-state index contributed by atoms with van der Waals surface area (Å²) in [7, 11) is 5.76. The number of carbonyl (C=O) groups excluding carboxylic acids is 1. The molecule has 0 saturated carbocycles. The lowest BCUT2D eigenvalue weighted by Gasteiger charge is -2.18. The lowest BCUT2D eigenvalue weighted by Crippen LogP contribution is -2.19. The number of rotatable bonds is 4. The van der Waals surface area contributed by atoms with Gasteiger partial charge in [0.1, 0.15) is 7.85 Å². The van der Waals surface area contributed by atoms with Gasteiger partial charge in [-0.3, -0.25) is 4.79 Å². The fraction of sp³-hybridized carbons (Fsp3) is 0.167. The molecule has 0 aliphatic carbocycles. The van der Waals surface area contributed by atoms with Crippen LogP contribution < -0.4 is 5.46 Å². The molecule has 1 nitrogen and oxygen atoms in total. The Bertz CT molecular complexity index is 855. The van der Waals surface area contributed by atoms with E-state index in [9.17, 15) is 18.0 Å². The van der Waals surface area contributed by atoms with Crippen molar-refractivity contribution in [3.05, 3.63) is 68.2 Å². The van der Waals surface area contributed by atoms with Crippen molar-refractivity contribution < 1.29 is 18.0 Å². The van der Waals surface area contributed by atoms with Gasteiger partial charge in [-0.25, -0.2) is 0 Å². The molecule has 134 valence electrons. The lowest BCUT2D eigenvalue weighted by molar-refractivity contribution is -0.139. The lowest BCUT2D eigenvalue weighted by atomic mass is 9.87. The van der Waals surface area contributed by atoms with Crippen molar-refractivity contribution in [3.63, 3.8) is 0 Å². The Hall–Kier alpha value is -1.43. The van der Waals surface area contributed by atoms with Gasteiger partial charge in [0.15, 0.2) is 5.78 Å². The summed E-state index contributed by atoms with van der Waals surface area (Å²) < 4.78 is 40.4. The summed E-state index contributed by atoms with van der Waals surface area (Å²) in [5, 5.41) is -0.131. The second-order valence-corrected chi connectivity index (χ2v) is 6.77. The number of Topliss-reactive ketones (excluding diaryl/α,β-unsaturated/α-hetero) is 1. The van der Waals surface area contributed by atoms with E-state index in [2.05, 4.69) is 0 Å². The predicted octanol–water partition coefficient (Wildman–Crippen LogP) is 6.00. The van der Waals surface area contributed by atoms with Crippen molar-refractivity contribution in [1.29, 1.82) is 0 Å². The van der Waals surface area contributed by atoms with Crippen LogP contribution in [-0.2, 0) is 0 Å². The van der Waals surface area contributed by atoms with Gasteiger partial charge in [-0.15, -0.1) is 0 Å². The first-order valence-corrected chi connectivity index (χ1v) is 8.44. The third kappa shape index (κ3) is 4.84. The zero-order chi connectivity index (χ0) is 19.6. The highest BCUT2D eigenvalue weighted by Crippen LogP contribution is 2.41. The number of alkyl halides is 3. The number of halogens is 6. The average Bonchev–Trinajstić information content (AvgIpc) is 2.51. The molecule has 0 aliphatic rings. The third-order valence-corrected chi connectivity index (χ3v) is 4.85. The third-order valence-electron chi connectivity index (χ3n) is 3.65. The first-order chi connectivity index (χ1) is 12.0. The highest BCUT2D eigenvalue weighted by Gasteiger charge is 2.39. The Labute approximate surface area is 165 Å². The van der Waals surface area contributed by atoms with Crippen molar-refractivity contribution in [3.8, 4) is 0 Å². The maximum Gasteiger partial charge on any atom is 0.399 e. The maximum atomic E-state index is 13.5. The summed E-state index contributed by atoms with van der Waals surface area (Å²) in [6, 6.07) is 6.67. The monoisotopic (exact) mass is 416 g/mol. The largest absolute Gasteiger partial charge is 0.399 e. The van der Waals surface area contributed by atoms with Crippen molar-refractivity contribution in [1.82, 2.24) is 0 Å². The molecule has 2 aromatic rings. The summed E-state index contributed by atoms with van der Waals surface area (Å²) in [5.41, 5.74) is 0.793. The van der Waals surface area contributed by atoms with Crippen LogP contribution in [0.2, 0.25) is 15.1 Å². The molecular weight excluding hydrogens is 406 g/mol. The van der Waals surface area contributed by atoms with Gasteiger partial charge in [-0.2, -0.15) is 13.2 Å². The Balaban J connectivity index is 2.42. The van der Waals surface area contributed by atoms with Crippen LogP contribution in [0.5, 0.6) is 0 Å². The minimum absolute atomic E-state index is 0.00502. The summed E-state index contributed by atoms with van der Waals surface area (Å²) in [5.74, 6) is -2.17. The molecule has 1 unspecified atom stereocenters. The molecule has 1 atom stereocenters. The van der Waals surface area contributed by atoms with E-state index >= 15 is 0 Å². The number of hydrogen-bond donors (Lipinski definition) is 0. The quantitative estimate of drug-likeness (QED) is 0.339. The summed E-state index contributed by atoms with van der Waals surface area (Å²) in [4.78, 5) is 11.4. The SMILES string of the molecule is [B]c1cc(/C=C/C(c2cc(Cl)c(Cl)c(Cl)c2)C(F)(F)F)ccc1C(C)=O. The van der Waals surface area contributed by atoms with E-state index in [-0.39, 0.29) is 31.9 Å². The van der Waals surface area contributed by atoms with E-state index in [1.54, 1.807) is 0 Å². The summed E-state index contributed by atoms with van der Waals surface area (Å²) >= 11 is 17.5. The zero-order valence-electron chi connectivity index (χ0n) is 13.4. The van der Waals surface area contributed by atoms with Crippen LogP contribution in [0.3, 0.4) is 0 Å². The van der Waals surface area contributed by atoms with E-state index in [4.69, 9.17) is 42.6 Å². The van der Waals surface area contributed by atoms with Gasteiger partial charge in [0, 0.05) is 5.56 Å². The minimum Gasteiger partial charge on any atom is -0.295 e. The van der Waals surface area contributed by atoms with Gasteiger partial charge in [0.25, 0.3) is 0 Å². The van der Waals surface area contributed by atoms with Crippen LogP contribution in [0.4, 0.5) is 13.2 Å². The highest BCUT2D eigenvalue weighted by molar-refractivity contribution is 6.48.